The number of ketones is 1. The molecule has 2 atom stereocenters. The van der Waals surface area contributed by atoms with Crippen molar-refractivity contribution in [3.63, 3.8) is 0 Å². The van der Waals surface area contributed by atoms with Crippen LogP contribution in [0.15, 0.2) is 94.6 Å². The van der Waals surface area contributed by atoms with Gasteiger partial charge >= 0.3 is 5.97 Å². The lowest BCUT2D eigenvalue weighted by Crippen LogP contribution is -2.48. The summed E-state index contributed by atoms with van der Waals surface area (Å²) in [6, 6.07) is 10.2. The van der Waals surface area contributed by atoms with Gasteiger partial charge in [0.25, 0.3) is 0 Å². The number of nitrogens with one attached hydrogen (secondary N) is 1. The SMILES string of the molecule is COC(=O)[C@@H]1CN2C=C3C=C(c4ccccc4)C=C4C=C(OC)C(=C4)OCC[N+](C)(C)CCNC[C@H](C4CCCCC4)C(=O)C(=C31)C2. The number of rotatable bonds is 4. The molecule has 6 bridgehead atoms. The van der Waals surface area contributed by atoms with E-state index in [0.29, 0.717) is 37.9 Å². The molecular formula is C39H50N3O5+. The Morgan fingerprint density at radius 1 is 0.979 bits per heavy atom. The van der Waals surface area contributed by atoms with Crippen molar-refractivity contribution in [2.75, 3.05) is 74.2 Å². The van der Waals surface area contributed by atoms with Gasteiger partial charge in [0.2, 0.25) is 0 Å². The number of benzene rings is 1. The smallest absolute Gasteiger partial charge is 0.314 e. The summed E-state index contributed by atoms with van der Waals surface area (Å²) in [5.41, 5.74) is 5.44. The van der Waals surface area contributed by atoms with Crippen molar-refractivity contribution >= 4 is 17.3 Å². The second kappa shape index (κ2) is 14.5. The monoisotopic (exact) mass is 640 g/mol. The van der Waals surface area contributed by atoms with Crippen LogP contribution in [0.4, 0.5) is 0 Å². The fraction of sp³-hybridized carbons (Fsp3) is 0.487. The van der Waals surface area contributed by atoms with Crippen molar-refractivity contribution in [1.82, 2.24) is 10.2 Å². The second-order valence-corrected chi connectivity index (χ2v) is 14.1. The quantitative estimate of drug-likeness (QED) is 0.359. The second-order valence-electron chi connectivity index (χ2n) is 14.1. The number of Topliss-reactive ketones (excluding diaryl/α,β-unsaturated/α-hetero) is 1. The summed E-state index contributed by atoms with van der Waals surface area (Å²) < 4.78 is 18.1. The Bertz CT molecular complexity index is 1540. The molecule has 1 N–H and O–H groups in total. The minimum absolute atomic E-state index is 0.127. The van der Waals surface area contributed by atoms with Gasteiger partial charge in [0.15, 0.2) is 17.3 Å². The average molecular weight is 641 g/mol. The van der Waals surface area contributed by atoms with E-state index in [1.165, 1.54) is 26.4 Å². The van der Waals surface area contributed by atoms with Crippen LogP contribution in [0.2, 0.25) is 0 Å². The predicted molar refractivity (Wildman–Crippen MR) is 184 cm³/mol. The molecule has 1 fully saturated rings. The van der Waals surface area contributed by atoms with E-state index in [1.54, 1.807) is 7.11 Å². The van der Waals surface area contributed by atoms with Crippen molar-refractivity contribution < 1.29 is 28.3 Å². The number of allylic oxidation sites excluding steroid dienone is 7. The summed E-state index contributed by atoms with van der Waals surface area (Å²) in [6.45, 7) is 4.80. The molecule has 1 aromatic carbocycles. The molecule has 0 spiro atoms. The number of carbonyl (C=O) groups excluding carboxylic acids is 2. The van der Waals surface area contributed by atoms with Crippen molar-refractivity contribution in [3.05, 3.63) is 100 Å². The fourth-order valence-electron chi connectivity index (χ4n) is 7.71. The van der Waals surface area contributed by atoms with Gasteiger partial charge in [0, 0.05) is 43.9 Å². The fourth-order valence-corrected chi connectivity index (χ4v) is 7.71. The Morgan fingerprint density at radius 2 is 1.77 bits per heavy atom. The third-order valence-electron chi connectivity index (χ3n) is 10.4. The van der Waals surface area contributed by atoms with Crippen LogP contribution in [0, 0.1) is 17.8 Å². The summed E-state index contributed by atoms with van der Waals surface area (Å²) in [4.78, 5) is 30.2. The summed E-state index contributed by atoms with van der Waals surface area (Å²) in [6.07, 6.45) is 16.1. The molecule has 0 unspecified atom stereocenters. The summed E-state index contributed by atoms with van der Waals surface area (Å²) >= 11 is 0. The van der Waals surface area contributed by atoms with Gasteiger partial charge in [-0.15, -0.1) is 0 Å². The Morgan fingerprint density at radius 3 is 2.51 bits per heavy atom. The lowest BCUT2D eigenvalue weighted by atomic mass is 9.72. The van der Waals surface area contributed by atoms with E-state index >= 15 is 0 Å². The molecule has 1 saturated carbocycles. The maximum atomic E-state index is 14.8. The van der Waals surface area contributed by atoms with Gasteiger partial charge in [0.1, 0.15) is 19.1 Å². The van der Waals surface area contributed by atoms with E-state index < -0.39 is 5.92 Å². The van der Waals surface area contributed by atoms with Crippen LogP contribution in [-0.2, 0) is 23.8 Å². The molecular weight excluding hydrogens is 590 g/mol. The molecule has 8 nitrogen and oxygen atoms in total. The van der Waals surface area contributed by atoms with E-state index in [4.69, 9.17) is 14.2 Å². The Hall–Kier alpha value is -3.88. The van der Waals surface area contributed by atoms with Crippen LogP contribution < -0.4 is 5.32 Å². The normalized spacial score (nSPS) is 25.7. The zero-order valence-corrected chi connectivity index (χ0v) is 28.4. The number of hydrogen-bond donors (Lipinski definition) is 1. The molecule has 47 heavy (non-hydrogen) atoms. The van der Waals surface area contributed by atoms with Crippen LogP contribution in [0.1, 0.15) is 37.7 Å². The number of carbonyl (C=O) groups is 2. The highest BCUT2D eigenvalue weighted by Crippen LogP contribution is 2.41. The molecule has 0 radical (unpaired) electrons. The van der Waals surface area contributed by atoms with E-state index in [2.05, 4.69) is 54.8 Å². The molecule has 2 aliphatic carbocycles. The predicted octanol–water partition coefficient (Wildman–Crippen LogP) is 5.18. The molecule has 0 amide bonds. The van der Waals surface area contributed by atoms with Gasteiger partial charge in [-0.1, -0.05) is 49.6 Å². The first kappa shape index (κ1) is 33.0. The lowest BCUT2D eigenvalue weighted by molar-refractivity contribution is -0.889. The van der Waals surface area contributed by atoms with Crippen molar-refractivity contribution in [1.29, 1.82) is 0 Å². The van der Waals surface area contributed by atoms with Gasteiger partial charge in [-0.2, -0.15) is 0 Å². The zero-order chi connectivity index (χ0) is 33.0. The van der Waals surface area contributed by atoms with Crippen LogP contribution in [-0.4, -0.2) is 95.3 Å². The van der Waals surface area contributed by atoms with Gasteiger partial charge < -0.3 is 28.9 Å². The highest BCUT2D eigenvalue weighted by atomic mass is 16.5. The molecule has 6 aliphatic rings. The molecule has 7 rings (SSSR count). The number of quaternary nitrogens is 1. The number of nitrogens with zero attached hydrogens (tertiary/aromatic N) is 2. The van der Waals surface area contributed by atoms with Crippen LogP contribution in [0.5, 0.6) is 0 Å². The first-order valence-electron chi connectivity index (χ1n) is 17.2. The minimum Gasteiger partial charge on any atom is -0.493 e. The molecule has 8 heteroatoms. The van der Waals surface area contributed by atoms with Crippen LogP contribution in [0.3, 0.4) is 0 Å². The number of hydrogen-bond acceptors (Lipinski definition) is 7. The highest BCUT2D eigenvalue weighted by molar-refractivity contribution is 6.02. The molecule has 4 heterocycles. The molecule has 0 aromatic heterocycles. The number of ether oxygens (including phenoxy) is 3. The van der Waals surface area contributed by atoms with Gasteiger partial charge in [0.05, 0.1) is 34.9 Å². The first-order chi connectivity index (χ1) is 22.8. The third-order valence-corrected chi connectivity index (χ3v) is 10.4. The maximum absolute atomic E-state index is 14.8. The van der Waals surface area contributed by atoms with Crippen LogP contribution in [0.25, 0.3) is 5.57 Å². The van der Waals surface area contributed by atoms with Crippen LogP contribution >= 0.6 is 0 Å². The first-order valence-corrected chi connectivity index (χ1v) is 17.2. The van der Waals surface area contributed by atoms with Crippen molar-refractivity contribution in [2.24, 2.45) is 17.8 Å². The lowest BCUT2D eigenvalue weighted by Gasteiger charge is -2.41. The third kappa shape index (κ3) is 7.49. The van der Waals surface area contributed by atoms with Crippen molar-refractivity contribution in [2.45, 2.75) is 32.1 Å². The number of methoxy groups -OCH3 is 2. The number of esters is 1. The Balaban J connectivity index is 1.49. The van der Waals surface area contributed by atoms with Gasteiger partial charge in [-0.3, -0.25) is 9.59 Å². The molecule has 250 valence electrons. The van der Waals surface area contributed by atoms with E-state index in [-0.39, 0.29) is 17.7 Å². The minimum atomic E-state index is -0.521. The molecule has 1 aromatic rings. The number of fused-ring (bicyclic) bond motifs is 2. The Labute approximate surface area is 279 Å². The maximum Gasteiger partial charge on any atom is 0.314 e. The van der Waals surface area contributed by atoms with Gasteiger partial charge in [-0.25, -0.2) is 0 Å². The number of likely N-dealkylation sites (N-methyl/N-ethyl adjacent to an activating group) is 1. The van der Waals surface area contributed by atoms with E-state index in [0.717, 1.165) is 76.1 Å². The topological polar surface area (TPSA) is 77.1 Å². The average Bonchev–Trinajstić information content (AvgIpc) is 3.48. The van der Waals surface area contributed by atoms with Gasteiger partial charge in [-0.05, 0) is 70.9 Å². The standard InChI is InChI=1S/C39H50N3O5/c1-42(2)16-15-40-23-32(29-13-9-6-10-14-29)38(43)33-25-41-24-31(37(33)34(26-41)39(44)46-4)22-30(28-11-7-5-8-12-28)19-27-20-35(45-3)36(21-27)47-18-17-42/h5,7-8,11-12,19-22,24,29,32,34,40H,6,9-10,13-18,23,25-26H2,1-4H3/q+1/t32-,34-/m1/s1. The Kier molecular flexibility index (Phi) is 10.2. The van der Waals surface area contributed by atoms with E-state index in [9.17, 15) is 9.59 Å². The largest absolute Gasteiger partial charge is 0.493 e. The summed E-state index contributed by atoms with van der Waals surface area (Å²) in [5.74, 6) is 1.000. The summed E-state index contributed by atoms with van der Waals surface area (Å²) in [5, 5.41) is 3.69. The molecule has 0 saturated heterocycles. The zero-order valence-electron chi connectivity index (χ0n) is 28.4. The van der Waals surface area contributed by atoms with Crippen molar-refractivity contribution in [3.8, 4) is 0 Å². The van der Waals surface area contributed by atoms with E-state index in [1.807, 2.05) is 30.4 Å². The highest BCUT2D eigenvalue weighted by Gasteiger charge is 2.42. The summed E-state index contributed by atoms with van der Waals surface area (Å²) in [7, 11) is 7.54. The molecule has 4 aliphatic heterocycles.